The molecule has 0 heterocycles. The number of hydrogen-bond acceptors (Lipinski definition) is 3. The molecular formula is C13H16N2O3. The Morgan fingerprint density at radius 2 is 2.06 bits per heavy atom. The third-order valence-corrected chi connectivity index (χ3v) is 2.90. The Morgan fingerprint density at radius 1 is 1.28 bits per heavy atom. The molecule has 5 nitrogen and oxygen atoms in total. The molecule has 3 N–H and O–H groups in total. The van der Waals surface area contributed by atoms with Gasteiger partial charge in [0.2, 0.25) is 5.91 Å². The second-order valence-electron chi connectivity index (χ2n) is 4.32. The number of nitrogens with one attached hydrogen (secondary N) is 1. The van der Waals surface area contributed by atoms with Crippen molar-refractivity contribution < 1.29 is 14.3 Å². The summed E-state index contributed by atoms with van der Waals surface area (Å²) in [4.78, 5) is 21.8. The molecule has 2 amide bonds. The maximum Gasteiger partial charge on any atom is 0.258 e. The SMILES string of the molecule is NC(=O)CNC(=O)COc1ccc2c(c1)CCC2. The van der Waals surface area contributed by atoms with E-state index in [9.17, 15) is 9.59 Å². The van der Waals surface area contributed by atoms with Crippen LogP contribution in [0.5, 0.6) is 5.75 Å². The van der Waals surface area contributed by atoms with Crippen molar-refractivity contribution in [3.05, 3.63) is 29.3 Å². The normalized spacial score (nSPS) is 12.9. The monoisotopic (exact) mass is 248 g/mol. The molecule has 1 aliphatic rings. The number of fused-ring (bicyclic) bond motifs is 1. The van der Waals surface area contributed by atoms with Gasteiger partial charge in [0.1, 0.15) is 5.75 Å². The molecule has 0 unspecified atom stereocenters. The van der Waals surface area contributed by atoms with Crippen LogP contribution in [0, 0.1) is 0 Å². The average Bonchev–Trinajstić information content (AvgIpc) is 2.81. The number of carbonyl (C=O) groups is 2. The number of carbonyl (C=O) groups excluding carboxylic acids is 2. The molecular weight excluding hydrogens is 232 g/mol. The molecule has 0 atom stereocenters. The second kappa shape index (κ2) is 5.53. The quantitative estimate of drug-likeness (QED) is 0.778. The zero-order valence-electron chi connectivity index (χ0n) is 10.1. The largest absolute Gasteiger partial charge is 0.484 e. The number of ether oxygens (including phenoxy) is 1. The molecule has 0 aromatic heterocycles. The molecule has 2 rings (SSSR count). The van der Waals surface area contributed by atoms with Gasteiger partial charge in [0, 0.05) is 0 Å². The first kappa shape index (κ1) is 12.4. The molecule has 0 aliphatic heterocycles. The van der Waals surface area contributed by atoms with Gasteiger partial charge in [0.25, 0.3) is 5.91 Å². The molecule has 0 radical (unpaired) electrons. The van der Waals surface area contributed by atoms with E-state index in [2.05, 4.69) is 5.32 Å². The number of amides is 2. The van der Waals surface area contributed by atoms with Gasteiger partial charge in [-0.2, -0.15) is 0 Å². The summed E-state index contributed by atoms with van der Waals surface area (Å²) in [6.07, 6.45) is 3.37. The zero-order chi connectivity index (χ0) is 13.0. The van der Waals surface area contributed by atoms with Crippen molar-refractivity contribution in [1.82, 2.24) is 5.32 Å². The number of nitrogens with two attached hydrogens (primary N) is 1. The van der Waals surface area contributed by atoms with Crippen molar-refractivity contribution in [3.63, 3.8) is 0 Å². The highest BCUT2D eigenvalue weighted by atomic mass is 16.5. The molecule has 5 heteroatoms. The maximum absolute atomic E-state index is 11.3. The highest BCUT2D eigenvalue weighted by Gasteiger charge is 2.11. The number of hydrogen-bond donors (Lipinski definition) is 2. The van der Waals surface area contributed by atoms with Gasteiger partial charge >= 0.3 is 0 Å². The molecule has 18 heavy (non-hydrogen) atoms. The summed E-state index contributed by atoms with van der Waals surface area (Å²) in [5.74, 6) is -0.236. The van der Waals surface area contributed by atoms with Crippen LogP contribution < -0.4 is 15.8 Å². The maximum atomic E-state index is 11.3. The van der Waals surface area contributed by atoms with Gasteiger partial charge < -0.3 is 15.8 Å². The Hall–Kier alpha value is -2.04. The summed E-state index contributed by atoms with van der Waals surface area (Å²) in [5.41, 5.74) is 7.57. The van der Waals surface area contributed by atoms with Crippen LogP contribution in [0.4, 0.5) is 0 Å². The van der Waals surface area contributed by atoms with E-state index in [0.717, 1.165) is 12.8 Å². The van der Waals surface area contributed by atoms with Crippen LogP contribution in [-0.4, -0.2) is 25.0 Å². The number of aryl methyl sites for hydroxylation is 2. The number of primary amides is 1. The van der Waals surface area contributed by atoms with E-state index in [1.54, 1.807) is 0 Å². The van der Waals surface area contributed by atoms with Crippen LogP contribution in [0.15, 0.2) is 18.2 Å². The fraction of sp³-hybridized carbons (Fsp3) is 0.385. The van der Waals surface area contributed by atoms with Gasteiger partial charge in [-0.05, 0) is 42.5 Å². The van der Waals surface area contributed by atoms with Crippen LogP contribution >= 0.6 is 0 Å². The molecule has 1 aromatic carbocycles. The van der Waals surface area contributed by atoms with Crippen LogP contribution in [-0.2, 0) is 22.4 Å². The standard InChI is InChI=1S/C13H16N2O3/c14-12(16)7-15-13(17)8-18-11-5-4-9-2-1-3-10(9)6-11/h4-6H,1-3,7-8H2,(H2,14,16)(H,15,17). The lowest BCUT2D eigenvalue weighted by molar-refractivity contribution is -0.126. The topological polar surface area (TPSA) is 81.4 Å². The first-order chi connectivity index (χ1) is 8.65. The first-order valence-electron chi connectivity index (χ1n) is 5.95. The molecule has 0 saturated carbocycles. The van der Waals surface area contributed by atoms with Gasteiger partial charge in [-0.15, -0.1) is 0 Å². The summed E-state index contributed by atoms with van der Waals surface area (Å²) < 4.78 is 5.36. The van der Waals surface area contributed by atoms with Gasteiger partial charge in [-0.1, -0.05) is 6.07 Å². The van der Waals surface area contributed by atoms with E-state index in [1.165, 1.54) is 17.5 Å². The van der Waals surface area contributed by atoms with Crippen LogP contribution in [0.25, 0.3) is 0 Å². The number of benzene rings is 1. The Morgan fingerprint density at radius 3 is 2.83 bits per heavy atom. The molecule has 0 spiro atoms. The highest BCUT2D eigenvalue weighted by molar-refractivity contribution is 5.84. The summed E-state index contributed by atoms with van der Waals surface area (Å²) >= 11 is 0. The fourth-order valence-corrected chi connectivity index (χ4v) is 2.02. The predicted octanol–water partition coefficient (Wildman–Crippen LogP) is 0.156. The van der Waals surface area contributed by atoms with Crippen molar-refractivity contribution in [2.24, 2.45) is 5.73 Å². The molecule has 96 valence electrons. The first-order valence-corrected chi connectivity index (χ1v) is 5.95. The molecule has 1 aliphatic carbocycles. The van der Waals surface area contributed by atoms with E-state index in [4.69, 9.17) is 10.5 Å². The van der Waals surface area contributed by atoms with Crippen molar-refractivity contribution >= 4 is 11.8 Å². The van der Waals surface area contributed by atoms with E-state index in [-0.39, 0.29) is 19.1 Å². The smallest absolute Gasteiger partial charge is 0.258 e. The minimum absolute atomic E-state index is 0.105. The lowest BCUT2D eigenvalue weighted by atomic mass is 10.1. The summed E-state index contributed by atoms with van der Waals surface area (Å²) in [5, 5.41) is 2.37. The minimum Gasteiger partial charge on any atom is -0.484 e. The molecule has 0 bridgehead atoms. The highest BCUT2D eigenvalue weighted by Crippen LogP contribution is 2.25. The van der Waals surface area contributed by atoms with Gasteiger partial charge in [-0.3, -0.25) is 9.59 Å². The predicted molar refractivity (Wildman–Crippen MR) is 66.2 cm³/mol. The fourth-order valence-electron chi connectivity index (χ4n) is 2.02. The van der Waals surface area contributed by atoms with Gasteiger partial charge in [0.05, 0.1) is 6.54 Å². The number of rotatable bonds is 5. The van der Waals surface area contributed by atoms with E-state index in [1.807, 2.05) is 18.2 Å². The Kier molecular flexibility index (Phi) is 3.82. The molecule has 1 aromatic rings. The van der Waals surface area contributed by atoms with Crippen molar-refractivity contribution in [3.8, 4) is 5.75 Å². The van der Waals surface area contributed by atoms with E-state index < -0.39 is 5.91 Å². The summed E-state index contributed by atoms with van der Waals surface area (Å²) in [6, 6.07) is 5.88. The Labute approximate surface area is 105 Å². The van der Waals surface area contributed by atoms with Crippen LogP contribution in [0.3, 0.4) is 0 Å². The summed E-state index contributed by atoms with van der Waals surface area (Å²) in [7, 11) is 0. The summed E-state index contributed by atoms with van der Waals surface area (Å²) in [6.45, 7) is -0.265. The third-order valence-electron chi connectivity index (χ3n) is 2.90. The van der Waals surface area contributed by atoms with E-state index >= 15 is 0 Å². The van der Waals surface area contributed by atoms with E-state index in [0.29, 0.717) is 5.75 Å². The molecule has 0 saturated heterocycles. The van der Waals surface area contributed by atoms with Crippen molar-refractivity contribution in [2.75, 3.05) is 13.2 Å². The van der Waals surface area contributed by atoms with Crippen LogP contribution in [0.2, 0.25) is 0 Å². The molecule has 0 fully saturated rings. The second-order valence-corrected chi connectivity index (χ2v) is 4.32. The van der Waals surface area contributed by atoms with Crippen molar-refractivity contribution in [1.29, 1.82) is 0 Å². The lowest BCUT2D eigenvalue weighted by Crippen LogP contribution is -2.36. The Bertz CT molecular complexity index is 471. The minimum atomic E-state index is -0.569. The zero-order valence-corrected chi connectivity index (χ0v) is 10.1. The van der Waals surface area contributed by atoms with Gasteiger partial charge in [0.15, 0.2) is 6.61 Å². The third kappa shape index (κ3) is 3.23. The van der Waals surface area contributed by atoms with Crippen LogP contribution in [0.1, 0.15) is 17.5 Å². The van der Waals surface area contributed by atoms with Crippen molar-refractivity contribution in [2.45, 2.75) is 19.3 Å². The Balaban J connectivity index is 1.83. The lowest BCUT2D eigenvalue weighted by Gasteiger charge is -2.08. The van der Waals surface area contributed by atoms with Gasteiger partial charge in [-0.25, -0.2) is 0 Å². The average molecular weight is 248 g/mol.